The van der Waals surface area contributed by atoms with E-state index in [9.17, 15) is 0 Å². The highest BCUT2D eigenvalue weighted by Crippen LogP contribution is 2.38. The average Bonchev–Trinajstić information content (AvgIpc) is 2.91. The molecule has 4 nitrogen and oxygen atoms in total. The van der Waals surface area contributed by atoms with Crippen LogP contribution in [0.15, 0.2) is 0 Å². The van der Waals surface area contributed by atoms with Crippen LogP contribution in [0.5, 0.6) is 0 Å². The van der Waals surface area contributed by atoms with Crippen molar-refractivity contribution >= 4 is 0 Å². The molecular weight excluding hydrogens is 212 g/mol. The third-order valence-electron chi connectivity index (χ3n) is 4.46. The van der Waals surface area contributed by atoms with Gasteiger partial charge in [0, 0.05) is 12.6 Å². The zero-order chi connectivity index (χ0) is 11.8. The number of nitrogens with one attached hydrogen (secondary N) is 1. The van der Waals surface area contributed by atoms with E-state index in [0.29, 0.717) is 6.04 Å². The average molecular weight is 234 g/mol. The highest BCUT2D eigenvalue weighted by atomic mass is 15.3. The molecule has 3 rings (SSSR count). The molecule has 4 heteroatoms. The number of hydrogen-bond acceptors (Lipinski definition) is 3. The topological polar surface area (TPSA) is 42.7 Å². The zero-order valence-electron chi connectivity index (χ0n) is 10.8. The fourth-order valence-electron chi connectivity index (χ4n) is 3.56. The SMILES string of the molecule is CCn1c(C)nnc1C1CC2CCCCC2N1. The van der Waals surface area contributed by atoms with E-state index in [1.165, 1.54) is 32.1 Å². The van der Waals surface area contributed by atoms with Gasteiger partial charge in [-0.15, -0.1) is 10.2 Å². The number of hydrogen-bond donors (Lipinski definition) is 1. The zero-order valence-corrected chi connectivity index (χ0v) is 10.8. The smallest absolute Gasteiger partial charge is 0.150 e. The lowest BCUT2D eigenvalue weighted by atomic mass is 9.85. The summed E-state index contributed by atoms with van der Waals surface area (Å²) in [5, 5.41) is 12.4. The lowest BCUT2D eigenvalue weighted by Crippen LogP contribution is -2.31. The van der Waals surface area contributed by atoms with Crippen LogP contribution >= 0.6 is 0 Å². The fourth-order valence-corrected chi connectivity index (χ4v) is 3.56. The molecule has 2 fully saturated rings. The van der Waals surface area contributed by atoms with Gasteiger partial charge in [-0.1, -0.05) is 12.8 Å². The minimum absolute atomic E-state index is 0.434. The highest BCUT2D eigenvalue weighted by molar-refractivity contribution is 5.06. The number of aryl methyl sites for hydroxylation is 1. The maximum absolute atomic E-state index is 4.38. The molecule has 1 aliphatic heterocycles. The predicted octanol–water partition coefficient (Wildman–Crippen LogP) is 2.20. The van der Waals surface area contributed by atoms with Crippen molar-refractivity contribution in [3.8, 4) is 0 Å². The molecule has 0 aromatic carbocycles. The Morgan fingerprint density at radius 1 is 1.29 bits per heavy atom. The lowest BCUT2D eigenvalue weighted by molar-refractivity contribution is 0.325. The molecule has 17 heavy (non-hydrogen) atoms. The fraction of sp³-hybridized carbons (Fsp3) is 0.846. The van der Waals surface area contributed by atoms with Crippen LogP contribution in [0.1, 0.15) is 56.7 Å². The second-order valence-electron chi connectivity index (χ2n) is 5.46. The molecule has 1 saturated carbocycles. The van der Waals surface area contributed by atoms with E-state index in [1.54, 1.807) is 0 Å². The van der Waals surface area contributed by atoms with Crippen molar-refractivity contribution in [1.29, 1.82) is 0 Å². The van der Waals surface area contributed by atoms with Gasteiger partial charge in [-0.2, -0.15) is 0 Å². The first-order chi connectivity index (χ1) is 8.29. The lowest BCUT2D eigenvalue weighted by Gasteiger charge is -2.24. The van der Waals surface area contributed by atoms with Crippen LogP contribution in [-0.4, -0.2) is 20.8 Å². The Hall–Kier alpha value is -0.900. The Labute approximate surface area is 103 Å². The quantitative estimate of drug-likeness (QED) is 0.853. The van der Waals surface area contributed by atoms with E-state index in [2.05, 4.69) is 27.0 Å². The minimum atomic E-state index is 0.434. The van der Waals surface area contributed by atoms with Gasteiger partial charge >= 0.3 is 0 Å². The first kappa shape index (κ1) is 11.2. The summed E-state index contributed by atoms with van der Waals surface area (Å²) in [6.45, 7) is 5.19. The Balaban J connectivity index is 1.81. The normalized spacial score (nSPS) is 32.7. The third kappa shape index (κ3) is 1.88. The Morgan fingerprint density at radius 2 is 2.12 bits per heavy atom. The molecule has 3 atom stereocenters. The van der Waals surface area contributed by atoms with Gasteiger partial charge in [0.25, 0.3) is 0 Å². The summed E-state index contributed by atoms with van der Waals surface area (Å²) in [6.07, 6.45) is 6.80. The summed E-state index contributed by atoms with van der Waals surface area (Å²) < 4.78 is 2.25. The molecule has 0 bridgehead atoms. The van der Waals surface area contributed by atoms with Gasteiger partial charge in [0.05, 0.1) is 6.04 Å². The van der Waals surface area contributed by atoms with Crippen molar-refractivity contribution in [1.82, 2.24) is 20.1 Å². The van der Waals surface area contributed by atoms with Crippen molar-refractivity contribution in [3.63, 3.8) is 0 Å². The van der Waals surface area contributed by atoms with Gasteiger partial charge < -0.3 is 9.88 Å². The molecule has 3 unspecified atom stereocenters. The molecule has 1 N–H and O–H groups in total. The number of aromatic nitrogens is 3. The number of fused-ring (bicyclic) bond motifs is 1. The summed E-state index contributed by atoms with van der Waals surface area (Å²) in [5.74, 6) is 3.06. The molecule has 0 radical (unpaired) electrons. The van der Waals surface area contributed by atoms with Gasteiger partial charge in [0.2, 0.25) is 0 Å². The largest absolute Gasteiger partial charge is 0.314 e. The number of rotatable bonds is 2. The molecular formula is C13H22N4. The Bertz CT molecular complexity index is 384. The van der Waals surface area contributed by atoms with E-state index in [-0.39, 0.29) is 0 Å². The first-order valence-corrected chi connectivity index (χ1v) is 6.95. The van der Waals surface area contributed by atoms with Crippen LogP contribution in [0.25, 0.3) is 0 Å². The summed E-state index contributed by atoms with van der Waals surface area (Å²) in [5.41, 5.74) is 0. The van der Waals surface area contributed by atoms with Crippen molar-refractivity contribution in [2.75, 3.05) is 0 Å². The van der Waals surface area contributed by atoms with E-state index >= 15 is 0 Å². The Morgan fingerprint density at radius 3 is 2.88 bits per heavy atom. The molecule has 94 valence electrons. The molecule has 0 spiro atoms. The van der Waals surface area contributed by atoms with Crippen LogP contribution in [0.2, 0.25) is 0 Å². The van der Waals surface area contributed by atoms with Crippen molar-refractivity contribution in [3.05, 3.63) is 11.6 Å². The molecule has 1 aliphatic carbocycles. The van der Waals surface area contributed by atoms with Gasteiger partial charge in [-0.3, -0.25) is 0 Å². The van der Waals surface area contributed by atoms with Gasteiger partial charge in [-0.25, -0.2) is 0 Å². The Kier molecular flexibility index (Phi) is 2.90. The third-order valence-corrected chi connectivity index (χ3v) is 4.46. The van der Waals surface area contributed by atoms with Crippen LogP contribution in [0.4, 0.5) is 0 Å². The summed E-state index contributed by atoms with van der Waals surface area (Å²) >= 11 is 0. The van der Waals surface area contributed by atoms with Gasteiger partial charge in [0.15, 0.2) is 0 Å². The minimum Gasteiger partial charge on any atom is -0.314 e. The van der Waals surface area contributed by atoms with Crippen LogP contribution < -0.4 is 5.32 Å². The molecule has 2 aliphatic rings. The van der Waals surface area contributed by atoms with Gasteiger partial charge in [0.1, 0.15) is 11.6 Å². The van der Waals surface area contributed by atoms with Crippen LogP contribution in [0, 0.1) is 12.8 Å². The molecule has 2 heterocycles. The predicted molar refractivity (Wildman–Crippen MR) is 66.7 cm³/mol. The van der Waals surface area contributed by atoms with E-state index in [1.807, 2.05) is 6.92 Å². The van der Waals surface area contributed by atoms with Crippen molar-refractivity contribution in [2.45, 2.75) is 64.6 Å². The molecule has 0 amide bonds. The second-order valence-corrected chi connectivity index (χ2v) is 5.46. The second kappa shape index (κ2) is 4.41. The van der Waals surface area contributed by atoms with Crippen molar-refractivity contribution in [2.24, 2.45) is 5.92 Å². The van der Waals surface area contributed by atoms with Crippen molar-refractivity contribution < 1.29 is 0 Å². The van der Waals surface area contributed by atoms with Crippen LogP contribution in [0.3, 0.4) is 0 Å². The van der Waals surface area contributed by atoms with E-state index in [4.69, 9.17) is 0 Å². The monoisotopic (exact) mass is 234 g/mol. The van der Waals surface area contributed by atoms with Gasteiger partial charge in [-0.05, 0) is 39.0 Å². The summed E-state index contributed by atoms with van der Waals surface area (Å²) in [4.78, 5) is 0. The summed E-state index contributed by atoms with van der Waals surface area (Å²) in [6, 6.07) is 1.17. The standard InChI is InChI=1S/C13H22N4/c1-3-17-9(2)15-16-13(17)12-8-10-6-4-5-7-11(10)14-12/h10-12,14H,3-8H2,1-2H3. The highest BCUT2D eigenvalue weighted by Gasteiger charge is 2.37. The molecule has 1 aromatic rings. The molecule has 1 saturated heterocycles. The van der Waals surface area contributed by atoms with E-state index < -0.39 is 0 Å². The molecule has 1 aromatic heterocycles. The number of nitrogens with zero attached hydrogens (tertiary/aromatic N) is 3. The maximum Gasteiger partial charge on any atom is 0.150 e. The maximum atomic E-state index is 4.38. The van der Waals surface area contributed by atoms with E-state index in [0.717, 1.165) is 30.2 Å². The first-order valence-electron chi connectivity index (χ1n) is 6.95. The summed E-state index contributed by atoms with van der Waals surface area (Å²) in [7, 11) is 0. The van der Waals surface area contributed by atoms with Crippen LogP contribution in [-0.2, 0) is 6.54 Å².